The molecule has 7 nitrogen and oxygen atoms in total. The molecule has 1 aromatic rings. The number of aryl methyl sites for hydroxylation is 1. The normalized spacial score (nSPS) is 11.7. The summed E-state index contributed by atoms with van der Waals surface area (Å²) in [5.74, 6) is -1.16. The lowest BCUT2D eigenvalue weighted by Crippen LogP contribution is -2.41. The van der Waals surface area contributed by atoms with Crippen molar-refractivity contribution in [3.8, 4) is 0 Å². The van der Waals surface area contributed by atoms with Crippen molar-refractivity contribution in [1.82, 2.24) is 5.32 Å². The van der Waals surface area contributed by atoms with Crippen LogP contribution in [-0.4, -0.2) is 40.0 Å². The van der Waals surface area contributed by atoms with Crippen molar-refractivity contribution in [3.63, 3.8) is 0 Å². The molecule has 0 saturated carbocycles. The lowest BCUT2D eigenvalue weighted by Gasteiger charge is -2.14. The molecule has 0 fully saturated rings. The summed E-state index contributed by atoms with van der Waals surface area (Å²) in [6, 6.07) is 2.90. The Hall–Kier alpha value is -2.09. The van der Waals surface area contributed by atoms with E-state index in [2.05, 4.69) is 5.32 Å². The Morgan fingerprint density at radius 1 is 1.48 bits per heavy atom. The first-order chi connectivity index (χ1) is 9.86. The zero-order valence-electron chi connectivity index (χ0n) is 11.7. The first kappa shape index (κ1) is 17.0. The molecule has 0 unspecified atom stereocenters. The van der Waals surface area contributed by atoms with E-state index in [0.717, 1.165) is 6.07 Å². The van der Waals surface area contributed by atoms with Crippen LogP contribution in [0.4, 0.5) is 5.69 Å². The summed E-state index contributed by atoms with van der Waals surface area (Å²) in [5.41, 5.74) is 0.452. The van der Waals surface area contributed by atoms with Gasteiger partial charge in [-0.25, -0.2) is 4.79 Å². The van der Waals surface area contributed by atoms with E-state index in [0.29, 0.717) is 11.3 Å². The van der Waals surface area contributed by atoms with Gasteiger partial charge in [-0.15, -0.1) is 0 Å². The predicted octanol–water partition coefficient (Wildman–Crippen LogP) is 1.84. The van der Waals surface area contributed by atoms with Gasteiger partial charge in [0.2, 0.25) is 0 Å². The second-order valence-corrected chi connectivity index (χ2v) is 5.39. The van der Waals surface area contributed by atoms with E-state index in [1.54, 1.807) is 6.92 Å². The summed E-state index contributed by atoms with van der Waals surface area (Å²) in [7, 11) is 0. The van der Waals surface area contributed by atoms with Crippen molar-refractivity contribution in [3.05, 3.63) is 39.4 Å². The van der Waals surface area contributed by atoms with Crippen LogP contribution in [0, 0.1) is 17.0 Å². The Morgan fingerprint density at radius 2 is 2.14 bits per heavy atom. The van der Waals surface area contributed by atoms with Gasteiger partial charge in [0.25, 0.3) is 11.6 Å². The maximum atomic E-state index is 12.1. The molecule has 0 saturated heterocycles. The maximum Gasteiger partial charge on any atom is 0.326 e. The van der Waals surface area contributed by atoms with E-state index < -0.39 is 22.8 Å². The highest BCUT2D eigenvalue weighted by Crippen LogP contribution is 2.17. The molecule has 1 amide bonds. The van der Waals surface area contributed by atoms with Gasteiger partial charge < -0.3 is 10.4 Å². The number of non-ortho nitro benzene ring substituents is 1. The van der Waals surface area contributed by atoms with Crippen LogP contribution in [0.2, 0.25) is 0 Å². The molecule has 0 bridgehead atoms. The fraction of sp³-hybridized carbons (Fsp3) is 0.385. The number of rotatable bonds is 7. The largest absolute Gasteiger partial charge is 0.480 e. The molecule has 0 heterocycles. The number of hydrogen-bond donors (Lipinski definition) is 2. The number of amides is 1. The number of aliphatic carboxylic acids is 1. The molecule has 21 heavy (non-hydrogen) atoms. The van der Waals surface area contributed by atoms with E-state index in [-0.39, 0.29) is 17.7 Å². The van der Waals surface area contributed by atoms with Gasteiger partial charge in [0, 0.05) is 17.7 Å². The Kier molecular flexibility index (Phi) is 6.16. The van der Waals surface area contributed by atoms with Crippen LogP contribution in [0.25, 0.3) is 0 Å². The highest BCUT2D eigenvalue weighted by Gasteiger charge is 2.22. The first-order valence-electron chi connectivity index (χ1n) is 6.14. The first-order valence-corrected chi connectivity index (χ1v) is 7.54. The molecule has 2 N–H and O–H groups in total. The Labute approximate surface area is 125 Å². The number of nitrogens with one attached hydrogen (secondary N) is 1. The Balaban J connectivity index is 2.94. The van der Waals surface area contributed by atoms with Gasteiger partial charge in [0.05, 0.1) is 4.92 Å². The van der Waals surface area contributed by atoms with E-state index in [9.17, 15) is 19.7 Å². The summed E-state index contributed by atoms with van der Waals surface area (Å²) in [6.45, 7) is 1.64. The number of benzene rings is 1. The topological polar surface area (TPSA) is 110 Å². The highest BCUT2D eigenvalue weighted by atomic mass is 32.2. The number of nitrogens with zero attached hydrogens (tertiary/aromatic N) is 1. The van der Waals surface area contributed by atoms with Crippen LogP contribution in [0.5, 0.6) is 0 Å². The summed E-state index contributed by atoms with van der Waals surface area (Å²) < 4.78 is 0. The zero-order valence-corrected chi connectivity index (χ0v) is 12.5. The third-order valence-electron chi connectivity index (χ3n) is 2.89. The van der Waals surface area contributed by atoms with Gasteiger partial charge in [0.1, 0.15) is 6.04 Å². The second kappa shape index (κ2) is 7.63. The molecule has 114 valence electrons. The average Bonchev–Trinajstić information content (AvgIpc) is 2.42. The molecule has 0 spiro atoms. The number of carbonyl (C=O) groups excluding carboxylic acids is 1. The second-order valence-electron chi connectivity index (χ2n) is 4.40. The summed E-state index contributed by atoms with van der Waals surface area (Å²) >= 11 is 1.48. The fourth-order valence-electron chi connectivity index (χ4n) is 1.70. The monoisotopic (exact) mass is 312 g/mol. The van der Waals surface area contributed by atoms with Crippen molar-refractivity contribution < 1.29 is 19.6 Å². The van der Waals surface area contributed by atoms with Crippen molar-refractivity contribution in [2.45, 2.75) is 19.4 Å². The van der Waals surface area contributed by atoms with E-state index in [4.69, 9.17) is 5.11 Å². The van der Waals surface area contributed by atoms with Gasteiger partial charge in [-0.05, 0) is 30.9 Å². The number of carbonyl (C=O) groups is 2. The van der Waals surface area contributed by atoms with E-state index in [1.807, 2.05) is 6.26 Å². The predicted molar refractivity (Wildman–Crippen MR) is 79.7 cm³/mol. The van der Waals surface area contributed by atoms with E-state index >= 15 is 0 Å². The standard InChI is InChI=1S/C13H16N2O5S/c1-8-3-4-9(15(19)20)7-10(8)12(16)14-11(13(17)18)5-6-21-2/h3-4,7,11H,5-6H2,1-2H3,(H,14,16)(H,17,18)/t11-/m1/s1. The molecule has 0 aliphatic carbocycles. The number of carboxylic acids is 1. The SMILES string of the molecule is CSCC[C@@H](NC(=O)c1cc([N+](=O)[O-])ccc1C)C(=O)O. The molecule has 0 radical (unpaired) electrons. The fourth-order valence-corrected chi connectivity index (χ4v) is 2.17. The third kappa shape index (κ3) is 4.75. The molecular formula is C13H16N2O5S. The molecule has 1 aromatic carbocycles. The smallest absolute Gasteiger partial charge is 0.326 e. The lowest BCUT2D eigenvalue weighted by atomic mass is 10.1. The summed E-state index contributed by atoms with van der Waals surface area (Å²) in [5, 5.41) is 22.2. The number of nitro benzene ring substituents is 1. The van der Waals surface area contributed by atoms with Gasteiger partial charge in [0.15, 0.2) is 0 Å². The third-order valence-corrected chi connectivity index (χ3v) is 3.53. The minimum atomic E-state index is -1.12. The van der Waals surface area contributed by atoms with Gasteiger partial charge in [-0.1, -0.05) is 6.07 Å². The molecule has 0 aliphatic rings. The number of thioether (sulfide) groups is 1. The van der Waals surface area contributed by atoms with Crippen LogP contribution in [0.15, 0.2) is 18.2 Å². The van der Waals surface area contributed by atoms with Gasteiger partial charge >= 0.3 is 5.97 Å². The summed E-state index contributed by atoms with van der Waals surface area (Å²) in [4.78, 5) is 33.4. The van der Waals surface area contributed by atoms with Gasteiger partial charge in [-0.3, -0.25) is 14.9 Å². The van der Waals surface area contributed by atoms with Crippen LogP contribution < -0.4 is 5.32 Å². The van der Waals surface area contributed by atoms with Crippen molar-refractivity contribution in [2.24, 2.45) is 0 Å². The van der Waals surface area contributed by atoms with Gasteiger partial charge in [-0.2, -0.15) is 11.8 Å². The maximum absolute atomic E-state index is 12.1. The molecule has 1 rings (SSSR count). The number of carboxylic acid groups (broad SMARTS) is 1. The Bertz CT molecular complexity index is 561. The molecule has 0 aliphatic heterocycles. The van der Waals surface area contributed by atoms with Crippen molar-refractivity contribution in [1.29, 1.82) is 0 Å². The van der Waals surface area contributed by atoms with E-state index in [1.165, 1.54) is 23.9 Å². The molecule has 1 atom stereocenters. The quantitative estimate of drug-likeness (QED) is 0.587. The highest BCUT2D eigenvalue weighted by molar-refractivity contribution is 7.98. The lowest BCUT2D eigenvalue weighted by molar-refractivity contribution is -0.384. The molecular weight excluding hydrogens is 296 g/mol. The minimum absolute atomic E-state index is 0.111. The van der Waals surface area contributed by atoms with Crippen LogP contribution >= 0.6 is 11.8 Å². The molecule has 0 aromatic heterocycles. The van der Waals surface area contributed by atoms with Crippen LogP contribution in [-0.2, 0) is 4.79 Å². The van der Waals surface area contributed by atoms with Crippen molar-refractivity contribution in [2.75, 3.05) is 12.0 Å². The number of nitro groups is 1. The summed E-state index contributed by atoms with van der Waals surface area (Å²) in [6.07, 6.45) is 2.13. The number of hydrogen-bond acceptors (Lipinski definition) is 5. The zero-order chi connectivity index (χ0) is 16.0. The minimum Gasteiger partial charge on any atom is -0.480 e. The molecule has 8 heteroatoms. The van der Waals surface area contributed by atoms with Crippen LogP contribution in [0.1, 0.15) is 22.3 Å². The van der Waals surface area contributed by atoms with Crippen molar-refractivity contribution >= 4 is 29.3 Å². The average molecular weight is 312 g/mol. The van der Waals surface area contributed by atoms with Crippen LogP contribution in [0.3, 0.4) is 0 Å². The Morgan fingerprint density at radius 3 is 2.67 bits per heavy atom.